The van der Waals surface area contributed by atoms with Crippen LogP contribution in [0.25, 0.3) is 0 Å². The van der Waals surface area contributed by atoms with Crippen LogP contribution >= 0.6 is 0 Å². The van der Waals surface area contributed by atoms with Crippen LogP contribution in [0, 0.1) is 11.8 Å². The third-order valence-corrected chi connectivity index (χ3v) is 4.36. The summed E-state index contributed by atoms with van der Waals surface area (Å²) in [6.07, 6.45) is 1.90. The third-order valence-electron chi connectivity index (χ3n) is 4.36. The first-order chi connectivity index (χ1) is 11.3. The van der Waals surface area contributed by atoms with Crippen molar-refractivity contribution in [1.82, 2.24) is 15.5 Å². The highest BCUT2D eigenvalue weighted by atomic mass is 16.5. The van der Waals surface area contributed by atoms with Crippen molar-refractivity contribution in [3.8, 4) is 0 Å². The Kier molecular flexibility index (Phi) is 5.53. The van der Waals surface area contributed by atoms with E-state index < -0.39 is 30.6 Å². The molecule has 0 aromatic rings. The largest absolute Gasteiger partial charge is 0.451 e. The molecular formula is C15H21N3O6. The van der Waals surface area contributed by atoms with E-state index in [9.17, 15) is 24.0 Å². The number of nitrogens with zero attached hydrogens (tertiary/aromatic N) is 1. The van der Waals surface area contributed by atoms with Crippen molar-refractivity contribution in [2.24, 2.45) is 11.8 Å². The monoisotopic (exact) mass is 339 g/mol. The number of esters is 1. The lowest BCUT2D eigenvalue weighted by atomic mass is 9.81. The van der Waals surface area contributed by atoms with E-state index >= 15 is 0 Å². The van der Waals surface area contributed by atoms with Crippen molar-refractivity contribution < 1.29 is 28.7 Å². The number of fused-ring (bicyclic) bond motifs is 1. The topological polar surface area (TPSA) is 122 Å². The number of carbonyl (C=O) groups excluding carboxylic acids is 5. The summed E-state index contributed by atoms with van der Waals surface area (Å²) >= 11 is 0. The summed E-state index contributed by atoms with van der Waals surface area (Å²) in [6.45, 7) is 0.784. The van der Waals surface area contributed by atoms with Crippen LogP contribution in [-0.2, 0) is 23.9 Å². The van der Waals surface area contributed by atoms with Crippen molar-refractivity contribution in [2.75, 3.05) is 13.6 Å². The predicted octanol–water partition coefficient (Wildman–Crippen LogP) is -0.451. The Hall–Kier alpha value is -2.45. The zero-order chi connectivity index (χ0) is 17.9. The minimum atomic E-state index is -1.22. The molecular weight excluding hydrogens is 318 g/mol. The Bertz CT molecular complexity index is 552. The van der Waals surface area contributed by atoms with Gasteiger partial charge in [-0.25, -0.2) is 4.79 Å². The van der Waals surface area contributed by atoms with Crippen molar-refractivity contribution in [1.29, 1.82) is 0 Å². The average molecular weight is 339 g/mol. The summed E-state index contributed by atoms with van der Waals surface area (Å²) in [5.74, 6) is -3.03. The SMILES string of the molecule is CNC(=O)NC(=O)[C@@H](C)OC(=O)CN1C(=O)[C@H]2CCCC[C@H]2C1=O. The molecule has 0 aromatic carbocycles. The van der Waals surface area contributed by atoms with Gasteiger partial charge < -0.3 is 10.1 Å². The molecule has 1 aliphatic carbocycles. The number of amides is 5. The average Bonchev–Trinajstić information content (AvgIpc) is 2.80. The van der Waals surface area contributed by atoms with Gasteiger partial charge in [-0.1, -0.05) is 12.8 Å². The fraction of sp³-hybridized carbons (Fsp3) is 0.667. The molecule has 24 heavy (non-hydrogen) atoms. The van der Waals surface area contributed by atoms with Crippen LogP contribution in [0.3, 0.4) is 0 Å². The second-order valence-electron chi connectivity index (χ2n) is 5.96. The van der Waals surface area contributed by atoms with Gasteiger partial charge in [0.2, 0.25) is 11.8 Å². The Morgan fingerprint density at radius 1 is 1.17 bits per heavy atom. The van der Waals surface area contributed by atoms with Gasteiger partial charge in [-0.15, -0.1) is 0 Å². The van der Waals surface area contributed by atoms with E-state index in [1.165, 1.54) is 14.0 Å². The number of carbonyl (C=O) groups is 5. The lowest BCUT2D eigenvalue weighted by molar-refractivity contribution is -0.159. The lowest BCUT2D eigenvalue weighted by Gasteiger charge is -2.19. The Morgan fingerprint density at radius 2 is 1.71 bits per heavy atom. The zero-order valence-corrected chi connectivity index (χ0v) is 13.7. The van der Waals surface area contributed by atoms with Gasteiger partial charge in [-0.05, 0) is 19.8 Å². The highest BCUT2D eigenvalue weighted by molar-refractivity contribution is 6.07. The Balaban J connectivity index is 1.90. The van der Waals surface area contributed by atoms with Crippen LogP contribution in [0.1, 0.15) is 32.6 Å². The fourth-order valence-electron chi connectivity index (χ4n) is 3.08. The smallest absolute Gasteiger partial charge is 0.326 e. The van der Waals surface area contributed by atoms with Crippen molar-refractivity contribution >= 4 is 29.7 Å². The normalized spacial score (nSPS) is 24.2. The van der Waals surface area contributed by atoms with E-state index in [0.717, 1.165) is 17.7 Å². The summed E-state index contributed by atoms with van der Waals surface area (Å²) in [5, 5.41) is 4.17. The van der Waals surface area contributed by atoms with Crippen LogP contribution in [0.15, 0.2) is 0 Å². The van der Waals surface area contributed by atoms with Crippen molar-refractivity contribution in [2.45, 2.75) is 38.7 Å². The molecule has 2 N–H and O–H groups in total. The summed E-state index contributed by atoms with van der Waals surface area (Å²) in [7, 11) is 1.34. The lowest BCUT2D eigenvalue weighted by Crippen LogP contribution is -2.45. The quantitative estimate of drug-likeness (QED) is 0.528. The fourth-order valence-corrected chi connectivity index (χ4v) is 3.08. The zero-order valence-electron chi connectivity index (χ0n) is 13.7. The molecule has 1 heterocycles. The predicted molar refractivity (Wildman–Crippen MR) is 80.3 cm³/mol. The maximum absolute atomic E-state index is 12.3. The van der Waals surface area contributed by atoms with E-state index in [0.29, 0.717) is 12.8 Å². The number of ether oxygens (including phenoxy) is 1. The maximum atomic E-state index is 12.3. The van der Waals surface area contributed by atoms with Gasteiger partial charge in [0, 0.05) is 7.05 Å². The number of likely N-dealkylation sites (tertiary alicyclic amines) is 1. The first kappa shape index (κ1) is 17.9. The maximum Gasteiger partial charge on any atom is 0.326 e. The molecule has 3 atom stereocenters. The number of imide groups is 2. The molecule has 1 saturated heterocycles. The first-order valence-corrected chi connectivity index (χ1v) is 7.92. The second kappa shape index (κ2) is 7.41. The van der Waals surface area contributed by atoms with E-state index in [1.807, 2.05) is 5.32 Å². The number of hydrogen-bond donors (Lipinski definition) is 2. The number of rotatable bonds is 4. The van der Waals surface area contributed by atoms with E-state index in [4.69, 9.17) is 4.74 Å². The molecule has 0 spiro atoms. The molecule has 132 valence electrons. The van der Waals surface area contributed by atoms with Gasteiger partial charge in [-0.2, -0.15) is 0 Å². The molecule has 9 nitrogen and oxygen atoms in total. The number of urea groups is 1. The first-order valence-electron chi connectivity index (χ1n) is 7.92. The van der Waals surface area contributed by atoms with Crippen LogP contribution < -0.4 is 10.6 Å². The molecule has 0 radical (unpaired) electrons. The van der Waals surface area contributed by atoms with Crippen LogP contribution in [-0.4, -0.2) is 54.3 Å². The molecule has 2 fully saturated rings. The molecule has 2 aliphatic rings. The molecule has 0 unspecified atom stereocenters. The molecule has 5 amide bonds. The molecule has 2 rings (SSSR count). The summed E-state index contributed by atoms with van der Waals surface area (Å²) < 4.78 is 4.89. The molecule has 9 heteroatoms. The third kappa shape index (κ3) is 3.72. The van der Waals surface area contributed by atoms with Gasteiger partial charge >= 0.3 is 12.0 Å². The van der Waals surface area contributed by atoms with Gasteiger partial charge in [0.25, 0.3) is 5.91 Å². The van der Waals surface area contributed by atoms with Gasteiger partial charge in [0.05, 0.1) is 11.8 Å². The van der Waals surface area contributed by atoms with Gasteiger partial charge in [-0.3, -0.25) is 29.4 Å². The minimum Gasteiger partial charge on any atom is -0.451 e. The van der Waals surface area contributed by atoms with Gasteiger partial charge in [0.1, 0.15) is 6.54 Å². The second-order valence-corrected chi connectivity index (χ2v) is 5.96. The van der Waals surface area contributed by atoms with Crippen molar-refractivity contribution in [3.63, 3.8) is 0 Å². The molecule has 0 aromatic heterocycles. The van der Waals surface area contributed by atoms with Crippen molar-refractivity contribution in [3.05, 3.63) is 0 Å². The number of hydrogen-bond acceptors (Lipinski definition) is 6. The summed E-state index contributed by atoms with van der Waals surface area (Å²) in [4.78, 5) is 60.0. The molecule has 1 saturated carbocycles. The standard InChI is InChI=1S/C15H21N3O6/c1-8(12(20)17-15(23)16-2)24-11(19)7-18-13(21)9-5-3-4-6-10(9)14(18)22/h8-10H,3-7H2,1-2H3,(H2,16,17,20,23)/t8-,9-,10+/m1/s1. The summed E-state index contributed by atoms with van der Waals surface area (Å²) in [5.41, 5.74) is 0. The van der Waals surface area contributed by atoms with Crippen LogP contribution in [0.4, 0.5) is 4.79 Å². The number of nitrogens with one attached hydrogen (secondary N) is 2. The highest BCUT2D eigenvalue weighted by Crippen LogP contribution is 2.37. The van der Waals surface area contributed by atoms with E-state index in [-0.39, 0.29) is 23.7 Å². The highest BCUT2D eigenvalue weighted by Gasteiger charge is 2.48. The molecule has 1 aliphatic heterocycles. The van der Waals surface area contributed by atoms with Gasteiger partial charge in [0.15, 0.2) is 6.10 Å². The van der Waals surface area contributed by atoms with E-state index in [1.54, 1.807) is 0 Å². The van der Waals surface area contributed by atoms with Crippen LogP contribution in [0.5, 0.6) is 0 Å². The Labute approximate surface area is 139 Å². The summed E-state index contributed by atoms with van der Waals surface area (Å²) in [6, 6.07) is -0.725. The van der Waals surface area contributed by atoms with E-state index in [2.05, 4.69) is 5.32 Å². The van der Waals surface area contributed by atoms with Crippen LogP contribution in [0.2, 0.25) is 0 Å². The minimum absolute atomic E-state index is 0.340. The molecule has 0 bridgehead atoms. The Morgan fingerprint density at radius 3 is 2.21 bits per heavy atom.